The van der Waals surface area contributed by atoms with E-state index >= 15 is 0 Å². The fourth-order valence-corrected chi connectivity index (χ4v) is 3.84. The lowest BCUT2D eigenvalue weighted by atomic mass is 9.98. The summed E-state index contributed by atoms with van der Waals surface area (Å²) in [5.41, 5.74) is 3.83. The van der Waals surface area contributed by atoms with Crippen molar-refractivity contribution in [1.29, 1.82) is 0 Å². The lowest BCUT2D eigenvalue weighted by Gasteiger charge is -2.17. The molecule has 1 amide bonds. The van der Waals surface area contributed by atoms with Crippen LogP contribution in [0.15, 0.2) is 53.5 Å². The van der Waals surface area contributed by atoms with E-state index in [0.717, 1.165) is 50.7 Å². The molecular formula is C25H35IN4O2. The molecule has 0 aliphatic carbocycles. The van der Waals surface area contributed by atoms with E-state index in [1.54, 1.807) is 14.2 Å². The summed E-state index contributed by atoms with van der Waals surface area (Å²) in [6, 6.07) is 16.5. The van der Waals surface area contributed by atoms with E-state index in [0.29, 0.717) is 12.3 Å². The van der Waals surface area contributed by atoms with Gasteiger partial charge in [0.15, 0.2) is 5.96 Å². The van der Waals surface area contributed by atoms with E-state index in [1.807, 2.05) is 29.2 Å². The fourth-order valence-electron chi connectivity index (χ4n) is 3.84. The molecule has 2 aromatic carbocycles. The molecule has 6 nitrogen and oxygen atoms in total. The van der Waals surface area contributed by atoms with Crippen LogP contribution in [0.2, 0.25) is 0 Å². The van der Waals surface area contributed by atoms with Crippen LogP contribution in [-0.4, -0.2) is 44.0 Å². The number of aliphatic imine (C=N–C) groups is 1. The monoisotopic (exact) mass is 550 g/mol. The molecule has 1 aliphatic heterocycles. The zero-order valence-corrected chi connectivity index (χ0v) is 21.6. The molecular weight excluding hydrogens is 515 g/mol. The van der Waals surface area contributed by atoms with Crippen LogP contribution in [-0.2, 0) is 17.9 Å². The third kappa shape index (κ3) is 7.39. The van der Waals surface area contributed by atoms with E-state index < -0.39 is 0 Å². The summed E-state index contributed by atoms with van der Waals surface area (Å²) in [7, 11) is 3.46. The number of rotatable bonds is 9. The molecule has 2 N–H and O–H groups in total. The highest BCUT2D eigenvalue weighted by Gasteiger charge is 2.22. The third-order valence-corrected chi connectivity index (χ3v) is 5.83. The van der Waals surface area contributed by atoms with E-state index in [-0.39, 0.29) is 29.9 Å². The number of benzene rings is 2. The first-order chi connectivity index (χ1) is 15.1. The van der Waals surface area contributed by atoms with Crippen LogP contribution in [0.3, 0.4) is 0 Å². The van der Waals surface area contributed by atoms with Crippen LogP contribution < -0.4 is 15.4 Å². The van der Waals surface area contributed by atoms with Crippen molar-refractivity contribution in [3.05, 3.63) is 65.2 Å². The highest BCUT2D eigenvalue weighted by molar-refractivity contribution is 14.0. The van der Waals surface area contributed by atoms with Gasteiger partial charge in [-0.3, -0.25) is 9.79 Å². The van der Waals surface area contributed by atoms with Crippen LogP contribution >= 0.6 is 24.0 Å². The normalized spacial score (nSPS) is 13.7. The molecule has 1 aliphatic rings. The van der Waals surface area contributed by atoms with Crippen molar-refractivity contribution in [3.63, 3.8) is 0 Å². The number of carbonyl (C=O) groups excluding carboxylic acids is 1. The highest BCUT2D eigenvalue weighted by atomic mass is 127. The fraction of sp³-hybridized carbons (Fsp3) is 0.440. The minimum atomic E-state index is 0. The lowest BCUT2D eigenvalue weighted by Crippen LogP contribution is -2.38. The van der Waals surface area contributed by atoms with Gasteiger partial charge >= 0.3 is 0 Å². The molecule has 1 atom stereocenters. The Labute approximate surface area is 208 Å². The molecule has 1 unspecified atom stereocenters. The molecule has 1 heterocycles. The standard InChI is InChI=1S/C25H34N4O2.HI/c1-19(20-10-12-23(31-3)13-11-20)14-16-28-25(26-2)27-15-6-9-24(30)29-17-21-7-4-5-8-22(21)18-29;/h4-5,7-8,10-13,19H,6,9,14-18H2,1-3H3,(H2,26,27,28);1H. The van der Waals surface area contributed by atoms with Gasteiger partial charge in [0.1, 0.15) is 5.75 Å². The van der Waals surface area contributed by atoms with Gasteiger partial charge in [-0.15, -0.1) is 24.0 Å². The quantitative estimate of drug-likeness (QED) is 0.212. The number of amides is 1. The molecule has 174 valence electrons. The lowest BCUT2D eigenvalue weighted by molar-refractivity contribution is -0.131. The first kappa shape index (κ1) is 26.0. The Balaban J connectivity index is 0.00000363. The number of methoxy groups -OCH3 is 1. The molecule has 3 rings (SSSR count). The topological polar surface area (TPSA) is 66.0 Å². The van der Waals surface area contributed by atoms with Crippen LogP contribution in [0.5, 0.6) is 5.75 Å². The molecule has 0 saturated heterocycles. The first-order valence-corrected chi connectivity index (χ1v) is 11.0. The Morgan fingerprint density at radius 2 is 1.69 bits per heavy atom. The number of nitrogens with zero attached hydrogens (tertiary/aromatic N) is 2. The number of carbonyl (C=O) groups is 1. The predicted molar refractivity (Wildman–Crippen MR) is 141 cm³/mol. The van der Waals surface area contributed by atoms with Crippen molar-refractivity contribution < 1.29 is 9.53 Å². The maximum atomic E-state index is 12.5. The number of halogens is 1. The molecule has 0 saturated carbocycles. The Morgan fingerprint density at radius 3 is 2.28 bits per heavy atom. The van der Waals surface area contributed by atoms with E-state index in [9.17, 15) is 4.79 Å². The Hall–Kier alpha value is -2.29. The minimum Gasteiger partial charge on any atom is -0.497 e. The van der Waals surface area contributed by atoms with Crippen molar-refractivity contribution in [2.24, 2.45) is 4.99 Å². The molecule has 0 spiro atoms. The molecule has 7 heteroatoms. The van der Waals surface area contributed by atoms with Crippen LogP contribution in [0, 0.1) is 0 Å². The summed E-state index contributed by atoms with van der Waals surface area (Å²) in [6.07, 6.45) is 2.34. The van der Waals surface area contributed by atoms with Crippen LogP contribution in [0.1, 0.15) is 48.8 Å². The van der Waals surface area contributed by atoms with Gasteiger partial charge in [-0.05, 0) is 47.6 Å². The Kier molecular flexibility index (Phi) is 10.8. The van der Waals surface area contributed by atoms with Gasteiger partial charge in [-0.2, -0.15) is 0 Å². The smallest absolute Gasteiger partial charge is 0.223 e. The zero-order chi connectivity index (χ0) is 22.1. The van der Waals surface area contributed by atoms with Gasteiger partial charge in [0, 0.05) is 39.6 Å². The zero-order valence-electron chi connectivity index (χ0n) is 19.3. The Bertz CT molecular complexity index is 861. The van der Waals surface area contributed by atoms with Gasteiger partial charge < -0.3 is 20.3 Å². The molecule has 0 fully saturated rings. The molecule has 32 heavy (non-hydrogen) atoms. The van der Waals surface area contributed by atoms with Crippen molar-refractivity contribution in [2.45, 2.75) is 45.2 Å². The van der Waals surface area contributed by atoms with Gasteiger partial charge in [0.2, 0.25) is 5.91 Å². The van der Waals surface area contributed by atoms with Crippen LogP contribution in [0.25, 0.3) is 0 Å². The number of ether oxygens (including phenoxy) is 1. The molecule has 2 aromatic rings. The van der Waals surface area contributed by atoms with Crippen LogP contribution in [0.4, 0.5) is 0 Å². The van der Waals surface area contributed by atoms with Gasteiger partial charge in [0.05, 0.1) is 7.11 Å². The molecule has 0 aromatic heterocycles. The number of hydrogen-bond acceptors (Lipinski definition) is 3. The average Bonchev–Trinajstić information content (AvgIpc) is 3.25. The largest absolute Gasteiger partial charge is 0.497 e. The Morgan fingerprint density at radius 1 is 1.06 bits per heavy atom. The second kappa shape index (κ2) is 13.3. The molecule has 0 bridgehead atoms. The number of fused-ring (bicyclic) bond motifs is 1. The minimum absolute atomic E-state index is 0. The van der Waals surface area contributed by atoms with E-state index in [2.05, 4.69) is 46.8 Å². The third-order valence-electron chi connectivity index (χ3n) is 5.83. The number of hydrogen-bond donors (Lipinski definition) is 2. The maximum absolute atomic E-state index is 12.5. The number of guanidine groups is 1. The summed E-state index contributed by atoms with van der Waals surface area (Å²) in [6.45, 7) is 5.25. The van der Waals surface area contributed by atoms with E-state index in [1.165, 1.54) is 16.7 Å². The SMILES string of the molecule is CN=C(NCCCC(=O)N1Cc2ccccc2C1)NCCC(C)c1ccc(OC)cc1.I. The average molecular weight is 550 g/mol. The van der Waals surface area contributed by atoms with Gasteiger partial charge in [-0.1, -0.05) is 43.3 Å². The summed E-state index contributed by atoms with van der Waals surface area (Å²) >= 11 is 0. The van der Waals surface area contributed by atoms with Crippen molar-refractivity contribution in [3.8, 4) is 5.75 Å². The maximum Gasteiger partial charge on any atom is 0.223 e. The van der Waals surface area contributed by atoms with Crippen molar-refractivity contribution in [2.75, 3.05) is 27.2 Å². The first-order valence-electron chi connectivity index (χ1n) is 11.0. The van der Waals surface area contributed by atoms with Gasteiger partial charge in [-0.25, -0.2) is 0 Å². The molecule has 0 radical (unpaired) electrons. The summed E-state index contributed by atoms with van der Waals surface area (Å²) in [5.74, 6) is 2.32. The second-order valence-electron chi connectivity index (χ2n) is 8.01. The van der Waals surface area contributed by atoms with Crippen molar-refractivity contribution in [1.82, 2.24) is 15.5 Å². The number of nitrogens with one attached hydrogen (secondary N) is 2. The van der Waals surface area contributed by atoms with Crippen molar-refractivity contribution >= 4 is 35.8 Å². The van der Waals surface area contributed by atoms with Gasteiger partial charge in [0.25, 0.3) is 0 Å². The summed E-state index contributed by atoms with van der Waals surface area (Å²) < 4.78 is 5.22. The summed E-state index contributed by atoms with van der Waals surface area (Å²) in [4.78, 5) is 18.7. The van der Waals surface area contributed by atoms with E-state index in [4.69, 9.17) is 4.74 Å². The second-order valence-corrected chi connectivity index (χ2v) is 8.01. The predicted octanol–water partition coefficient (Wildman–Crippen LogP) is 4.29. The summed E-state index contributed by atoms with van der Waals surface area (Å²) in [5, 5.41) is 6.68. The highest BCUT2D eigenvalue weighted by Crippen LogP contribution is 2.23.